The fraction of sp³-hybridized carbons (Fsp3) is 0.429. The highest BCUT2D eigenvalue weighted by molar-refractivity contribution is 7.87. The van der Waals surface area contributed by atoms with E-state index in [1.165, 1.54) is 28.9 Å². The van der Waals surface area contributed by atoms with Gasteiger partial charge in [0.2, 0.25) is 0 Å². The van der Waals surface area contributed by atoms with Gasteiger partial charge >= 0.3 is 16.3 Å². The van der Waals surface area contributed by atoms with Crippen LogP contribution in [-0.4, -0.2) is 67.1 Å². The number of carbonyl (C=O) groups is 1. The maximum Gasteiger partial charge on any atom is 0.390 e. The Morgan fingerprint density at radius 3 is 2.45 bits per heavy atom. The minimum absolute atomic E-state index is 0.0125. The molecular formula is C28H31Cl2F3N4O4S. The summed E-state index contributed by atoms with van der Waals surface area (Å²) >= 11 is 12.6. The first-order chi connectivity index (χ1) is 19.6. The number of nitrogens with one attached hydrogen (secondary N) is 1. The van der Waals surface area contributed by atoms with E-state index in [0.29, 0.717) is 33.6 Å². The first kappa shape index (κ1) is 32.1. The number of alkyl halides is 3. The lowest BCUT2D eigenvalue weighted by atomic mass is 9.90. The molecule has 1 amide bonds. The molecule has 2 aromatic carbocycles. The average molecular weight is 648 g/mol. The SMILES string of the molecule is Cc1c(C(=O)NC2CCCC(N(C)C)C2)nn(-c2ccc(Cl)cc2Cl)c1-c1ccc(OS(=O)(=O)CCC(F)(F)F)cc1. The van der Waals surface area contributed by atoms with Crippen molar-refractivity contribution in [2.24, 2.45) is 0 Å². The van der Waals surface area contributed by atoms with Crippen molar-refractivity contribution in [2.75, 3.05) is 19.8 Å². The summed E-state index contributed by atoms with van der Waals surface area (Å²) in [4.78, 5) is 15.7. The predicted molar refractivity (Wildman–Crippen MR) is 156 cm³/mol. The van der Waals surface area contributed by atoms with Crippen LogP contribution in [-0.2, 0) is 10.1 Å². The number of aromatic nitrogens is 2. The number of benzene rings is 2. The Balaban J connectivity index is 1.66. The summed E-state index contributed by atoms with van der Waals surface area (Å²) in [6.45, 7) is 1.74. The van der Waals surface area contributed by atoms with Gasteiger partial charge in [-0.1, -0.05) is 23.2 Å². The third-order valence-corrected chi connectivity index (χ3v) is 8.86. The topological polar surface area (TPSA) is 93.5 Å². The minimum Gasteiger partial charge on any atom is -0.382 e. The third-order valence-electron chi connectivity index (χ3n) is 7.17. The van der Waals surface area contributed by atoms with Gasteiger partial charge in [0.05, 0.1) is 28.6 Å². The van der Waals surface area contributed by atoms with Gasteiger partial charge in [0.1, 0.15) is 5.75 Å². The van der Waals surface area contributed by atoms with Crippen molar-refractivity contribution in [1.29, 1.82) is 0 Å². The molecule has 42 heavy (non-hydrogen) atoms. The lowest BCUT2D eigenvalue weighted by molar-refractivity contribution is -0.130. The van der Waals surface area contributed by atoms with E-state index in [4.69, 9.17) is 27.4 Å². The van der Waals surface area contributed by atoms with Gasteiger partial charge in [-0.3, -0.25) is 4.79 Å². The molecular weight excluding hydrogens is 616 g/mol. The summed E-state index contributed by atoms with van der Waals surface area (Å²) < 4.78 is 68.0. The molecule has 2 atom stereocenters. The summed E-state index contributed by atoms with van der Waals surface area (Å²) in [5, 5.41) is 8.45. The van der Waals surface area contributed by atoms with Crippen molar-refractivity contribution >= 4 is 39.2 Å². The molecule has 1 aliphatic rings. The Morgan fingerprint density at radius 1 is 1.14 bits per heavy atom. The van der Waals surface area contributed by atoms with Crippen LogP contribution in [0.15, 0.2) is 42.5 Å². The van der Waals surface area contributed by atoms with Crippen molar-refractivity contribution in [3.05, 3.63) is 63.8 Å². The fourth-order valence-electron chi connectivity index (χ4n) is 4.99. The highest BCUT2D eigenvalue weighted by Gasteiger charge is 2.31. The second kappa shape index (κ2) is 12.8. The molecule has 0 spiro atoms. The van der Waals surface area contributed by atoms with Crippen LogP contribution in [0.5, 0.6) is 5.75 Å². The molecule has 1 saturated carbocycles. The number of amides is 1. The smallest absolute Gasteiger partial charge is 0.382 e. The van der Waals surface area contributed by atoms with E-state index >= 15 is 0 Å². The second-order valence-corrected chi connectivity index (χ2v) is 13.1. The van der Waals surface area contributed by atoms with Crippen molar-refractivity contribution < 1.29 is 30.6 Å². The molecule has 4 rings (SSSR count). The Labute approximate surface area is 252 Å². The highest BCUT2D eigenvalue weighted by atomic mass is 35.5. The lowest BCUT2D eigenvalue weighted by Gasteiger charge is -2.33. The molecule has 0 aliphatic heterocycles. The van der Waals surface area contributed by atoms with E-state index in [1.54, 1.807) is 25.1 Å². The molecule has 0 bridgehead atoms. The van der Waals surface area contributed by atoms with E-state index in [9.17, 15) is 26.4 Å². The van der Waals surface area contributed by atoms with Crippen LogP contribution < -0.4 is 9.50 Å². The fourth-order valence-corrected chi connectivity index (χ4v) is 6.45. The second-order valence-electron chi connectivity index (χ2n) is 10.5. The molecule has 3 aromatic rings. The lowest BCUT2D eigenvalue weighted by Crippen LogP contribution is -2.44. The zero-order valence-corrected chi connectivity index (χ0v) is 25.5. The van der Waals surface area contributed by atoms with Crippen molar-refractivity contribution in [2.45, 2.75) is 57.3 Å². The average Bonchev–Trinajstić information content (AvgIpc) is 3.24. The maximum absolute atomic E-state index is 13.5. The van der Waals surface area contributed by atoms with Gasteiger partial charge in [0.15, 0.2) is 5.69 Å². The van der Waals surface area contributed by atoms with E-state index in [1.807, 2.05) is 14.1 Å². The quantitative estimate of drug-likeness (QED) is 0.270. The zero-order valence-electron chi connectivity index (χ0n) is 23.2. The van der Waals surface area contributed by atoms with Crippen molar-refractivity contribution in [1.82, 2.24) is 20.0 Å². The number of carbonyl (C=O) groups excluding carboxylic acids is 1. The van der Waals surface area contributed by atoms with Crippen LogP contribution in [0, 0.1) is 6.92 Å². The van der Waals surface area contributed by atoms with Crippen LogP contribution in [0.3, 0.4) is 0 Å². The van der Waals surface area contributed by atoms with Gasteiger partial charge in [-0.2, -0.15) is 26.7 Å². The molecule has 14 heteroatoms. The maximum atomic E-state index is 13.5. The van der Waals surface area contributed by atoms with Crippen LogP contribution in [0.2, 0.25) is 10.0 Å². The monoisotopic (exact) mass is 646 g/mol. The van der Waals surface area contributed by atoms with Gasteiger partial charge in [-0.25, -0.2) is 4.68 Å². The van der Waals surface area contributed by atoms with E-state index in [2.05, 4.69) is 15.3 Å². The molecule has 0 saturated heterocycles. The highest BCUT2D eigenvalue weighted by Crippen LogP contribution is 2.34. The largest absolute Gasteiger partial charge is 0.390 e. The van der Waals surface area contributed by atoms with E-state index in [-0.39, 0.29) is 28.4 Å². The third kappa shape index (κ3) is 7.97. The molecule has 0 radical (unpaired) electrons. The summed E-state index contributed by atoms with van der Waals surface area (Å²) in [7, 11) is -0.419. The summed E-state index contributed by atoms with van der Waals surface area (Å²) in [5.74, 6) is -1.69. The predicted octanol–water partition coefficient (Wildman–Crippen LogP) is 6.42. The van der Waals surface area contributed by atoms with Crippen LogP contribution in [0.25, 0.3) is 16.9 Å². The summed E-state index contributed by atoms with van der Waals surface area (Å²) in [6.07, 6.45) is -2.41. The number of rotatable bonds is 9. The first-order valence-electron chi connectivity index (χ1n) is 13.2. The zero-order chi connectivity index (χ0) is 30.8. The Kier molecular flexibility index (Phi) is 9.81. The van der Waals surface area contributed by atoms with E-state index in [0.717, 1.165) is 25.7 Å². The molecule has 2 unspecified atom stereocenters. The van der Waals surface area contributed by atoms with Gasteiger partial charge in [-0.15, -0.1) is 0 Å². The Hall–Kier alpha value is -2.80. The molecule has 1 N–H and O–H groups in total. The molecule has 8 nitrogen and oxygen atoms in total. The molecule has 1 aliphatic carbocycles. The van der Waals surface area contributed by atoms with Gasteiger partial charge < -0.3 is 14.4 Å². The molecule has 1 fully saturated rings. The number of halogens is 5. The van der Waals surface area contributed by atoms with Gasteiger partial charge in [0, 0.05) is 28.2 Å². The molecule has 1 heterocycles. The summed E-state index contributed by atoms with van der Waals surface area (Å²) in [5.41, 5.74) is 2.24. The van der Waals surface area contributed by atoms with Crippen molar-refractivity contribution in [3.63, 3.8) is 0 Å². The van der Waals surface area contributed by atoms with Crippen molar-refractivity contribution in [3.8, 4) is 22.7 Å². The molecule has 228 valence electrons. The Bertz CT molecular complexity index is 1540. The minimum atomic E-state index is -4.63. The van der Waals surface area contributed by atoms with E-state index < -0.39 is 28.5 Å². The number of hydrogen-bond acceptors (Lipinski definition) is 6. The normalized spacial score (nSPS) is 17.8. The molecule has 1 aromatic heterocycles. The Morgan fingerprint density at radius 2 is 1.83 bits per heavy atom. The number of nitrogens with zero attached hydrogens (tertiary/aromatic N) is 3. The van der Waals surface area contributed by atoms with Gasteiger partial charge in [0.25, 0.3) is 5.91 Å². The standard InChI is InChI=1S/C28H31Cl2F3N4O4S/c1-17-25(27(38)34-20-5-4-6-21(16-20)36(2)3)35-37(24-12-9-19(29)15-23(24)30)26(17)18-7-10-22(11-8-18)41-42(39,40)14-13-28(31,32)33/h7-12,15,20-21H,4-6,13-14,16H2,1-3H3,(H,34,38). The van der Waals surface area contributed by atoms with Gasteiger partial charge in [-0.05, 0) is 89.2 Å². The van der Waals surface area contributed by atoms with Crippen LogP contribution in [0.4, 0.5) is 13.2 Å². The summed E-state index contributed by atoms with van der Waals surface area (Å²) in [6, 6.07) is 10.9. The van der Waals surface area contributed by atoms with Crippen LogP contribution in [0.1, 0.15) is 48.2 Å². The first-order valence-corrected chi connectivity index (χ1v) is 15.6. The van der Waals surface area contributed by atoms with Crippen LogP contribution >= 0.6 is 23.2 Å². The number of hydrogen-bond donors (Lipinski definition) is 1.